The summed E-state index contributed by atoms with van der Waals surface area (Å²) in [6, 6.07) is 30.5. The number of aromatic carboxylic acids is 1. The van der Waals surface area contributed by atoms with Gasteiger partial charge in [0.2, 0.25) is 0 Å². The first-order valence-electron chi connectivity index (χ1n) is 13.7. The second-order valence-electron chi connectivity index (χ2n) is 10.2. The Bertz CT molecular complexity index is 2150. The molecule has 0 aliphatic rings. The lowest BCUT2D eigenvalue weighted by atomic mass is 10.1. The number of nitrogens with zero attached hydrogens (tertiary/aromatic N) is 4. The molecule has 6 rings (SSSR count). The number of fused-ring (bicyclic) bond motifs is 2. The van der Waals surface area contributed by atoms with E-state index in [1.54, 1.807) is 48.5 Å². The summed E-state index contributed by atoms with van der Waals surface area (Å²) in [6.45, 7) is 7.93. The molecule has 9 heteroatoms. The van der Waals surface area contributed by atoms with E-state index in [4.69, 9.17) is 16.7 Å². The minimum absolute atomic E-state index is 0.177. The molecule has 0 fully saturated rings. The molecule has 4 aromatic carbocycles. The molecule has 0 bridgehead atoms. The van der Waals surface area contributed by atoms with Crippen LogP contribution < -0.4 is 10.6 Å². The molecule has 0 unspecified atom stereocenters. The molecule has 0 atom stereocenters. The van der Waals surface area contributed by atoms with E-state index in [1.165, 1.54) is 12.1 Å². The topological polar surface area (TPSA) is 124 Å². The van der Waals surface area contributed by atoms with Gasteiger partial charge in [0.1, 0.15) is 0 Å². The largest absolute Gasteiger partial charge is 0.478 e. The molecule has 0 radical (unpaired) electrons. The maximum Gasteiger partial charge on any atom is 0.335 e. The number of rotatable bonds is 8. The molecule has 0 aliphatic carbocycles. The Hall–Kier alpha value is -6.45. The summed E-state index contributed by atoms with van der Waals surface area (Å²) >= 11 is 0. The number of carboxylic acids is 1. The van der Waals surface area contributed by atoms with E-state index < -0.39 is 5.97 Å². The van der Waals surface area contributed by atoms with Gasteiger partial charge in [0, 0.05) is 29.5 Å². The zero-order valence-corrected chi connectivity index (χ0v) is 23.3. The number of hydrogen-bond donors (Lipinski definition) is 3. The Kier molecular flexibility index (Phi) is 7.43. The fourth-order valence-electron chi connectivity index (χ4n) is 5.09. The van der Waals surface area contributed by atoms with Crippen LogP contribution in [0.1, 0.15) is 37.5 Å². The monoisotopic (exact) mass is 576 g/mol. The van der Waals surface area contributed by atoms with Crippen LogP contribution in [-0.4, -0.2) is 26.5 Å². The molecule has 6 aromatic rings. The van der Waals surface area contributed by atoms with Crippen molar-refractivity contribution in [2.45, 2.75) is 13.1 Å². The molecule has 9 nitrogen and oxygen atoms in total. The zero-order chi connectivity index (χ0) is 30.6. The summed E-state index contributed by atoms with van der Waals surface area (Å²) < 4.78 is 1.97. The average molecular weight is 577 g/mol. The predicted octanol–water partition coefficient (Wildman–Crippen LogP) is 7.03. The van der Waals surface area contributed by atoms with E-state index in [9.17, 15) is 14.9 Å². The molecule has 0 aliphatic heterocycles. The van der Waals surface area contributed by atoms with E-state index in [-0.39, 0.29) is 18.0 Å². The lowest BCUT2D eigenvalue weighted by molar-refractivity contribution is 0.0696. The first-order chi connectivity index (χ1) is 21.4. The van der Waals surface area contributed by atoms with Crippen LogP contribution in [0, 0.1) is 17.9 Å². The number of nitrogens with one attached hydrogen (secondary N) is 2. The summed E-state index contributed by atoms with van der Waals surface area (Å²) in [6.07, 6.45) is 1.91. The summed E-state index contributed by atoms with van der Waals surface area (Å²) in [5.74, 6) is -1.30. The molecular formula is C35H24N6O3. The number of carboxylic acid groups (broad SMARTS) is 1. The van der Waals surface area contributed by atoms with Crippen molar-refractivity contribution >= 4 is 50.7 Å². The van der Waals surface area contributed by atoms with Gasteiger partial charge >= 0.3 is 5.97 Å². The highest BCUT2D eigenvalue weighted by Gasteiger charge is 2.18. The fourth-order valence-corrected chi connectivity index (χ4v) is 5.09. The summed E-state index contributed by atoms with van der Waals surface area (Å²) in [4.78, 5) is 33.1. The highest BCUT2D eigenvalue weighted by Crippen LogP contribution is 2.31. The second kappa shape index (κ2) is 11.8. The second-order valence-corrected chi connectivity index (χ2v) is 10.2. The van der Waals surface area contributed by atoms with Crippen LogP contribution in [0.3, 0.4) is 0 Å². The van der Waals surface area contributed by atoms with Crippen LogP contribution in [0.25, 0.3) is 26.7 Å². The zero-order valence-electron chi connectivity index (χ0n) is 23.3. The quantitative estimate of drug-likeness (QED) is 0.167. The third kappa shape index (κ3) is 5.67. The van der Waals surface area contributed by atoms with Gasteiger partial charge in [-0.05, 0) is 71.6 Å². The van der Waals surface area contributed by atoms with E-state index >= 15 is 0 Å². The average Bonchev–Trinajstić information content (AvgIpc) is 3.47. The number of nitriles is 1. The molecule has 0 saturated carbocycles. The van der Waals surface area contributed by atoms with Crippen molar-refractivity contribution in [3.8, 4) is 6.07 Å². The molecule has 2 heterocycles. The van der Waals surface area contributed by atoms with Crippen molar-refractivity contribution in [1.82, 2.24) is 14.9 Å². The number of hydrogen-bond acceptors (Lipinski definition) is 5. The van der Waals surface area contributed by atoms with Gasteiger partial charge in [0.15, 0.2) is 5.69 Å². The molecule has 3 N–H and O–H groups in total. The van der Waals surface area contributed by atoms with E-state index in [0.29, 0.717) is 28.9 Å². The first-order valence-corrected chi connectivity index (χ1v) is 13.7. The lowest BCUT2D eigenvalue weighted by Gasteiger charge is -2.14. The summed E-state index contributed by atoms with van der Waals surface area (Å²) in [5, 5.41) is 26.6. The van der Waals surface area contributed by atoms with Gasteiger partial charge in [0.25, 0.3) is 5.91 Å². The van der Waals surface area contributed by atoms with Crippen molar-refractivity contribution in [3.05, 3.63) is 143 Å². The van der Waals surface area contributed by atoms with E-state index in [1.807, 2.05) is 47.2 Å². The Labute approximate surface area is 252 Å². The summed E-state index contributed by atoms with van der Waals surface area (Å²) in [7, 11) is 0. The van der Waals surface area contributed by atoms with Crippen LogP contribution >= 0.6 is 0 Å². The van der Waals surface area contributed by atoms with Gasteiger partial charge in [-0.1, -0.05) is 36.4 Å². The Morgan fingerprint density at radius 1 is 0.977 bits per heavy atom. The van der Waals surface area contributed by atoms with Gasteiger partial charge in [-0.3, -0.25) is 9.78 Å². The Morgan fingerprint density at radius 3 is 2.57 bits per heavy atom. The van der Waals surface area contributed by atoms with Crippen molar-refractivity contribution in [3.63, 3.8) is 0 Å². The van der Waals surface area contributed by atoms with E-state index in [0.717, 1.165) is 38.9 Å². The molecule has 44 heavy (non-hydrogen) atoms. The third-order valence-corrected chi connectivity index (χ3v) is 7.29. The van der Waals surface area contributed by atoms with Gasteiger partial charge < -0.3 is 20.3 Å². The maximum atomic E-state index is 13.6. The van der Waals surface area contributed by atoms with Crippen LogP contribution in [0.2, 0.25) is 0 Å². The minimum Gasteiger partial charge on any atom is -0.478 e. The lowest BCUT2D eigenvalue weighted by Crippen LogP contribution is -2.23. The Morgan fingerprint density at radius 2 is 1.80 bits per heavy atom. The van der Waals surface area contributed by atoms with Crippen LogP contribution in [0.4, 0.5) is 17.1 Å². The van der Waals surface area contributed by atoms with Crippen molar-refractivity contribution < 1.29 is 14.7 Å². The number of pyridine rings is 1. The number of carbonyl (C=O) groups excluding carboxylic acids is 1. The predicted molar refractivity (Wildman–Crippen MR) is 168 cm³/mol. The number of carbonyl (C=O) groups is 2. The highest BCUT2D eigenvalue weighted by atomic mass is 16.4. The van der Waals surface area contributed by atoms with Gasteiger partial charge in [-0.15, -0.1) is 0 Å². The molecule has 0 spiro atoms. The SMILES string of the molecule is [C-]#[N+]c1ccc2ccc(Cn3ccc4c(Nc5cccc(C#N)c5)ccc(C(=O)NCc5ccc(C(=O)O)cc5)c43)nc2c1. The van der Waals surface area contributed by atoms with Crippen molar-refractivity contribution in [1.29, 1.82) is 5.26 Å². The molecule has 0 saturated heterocycles. The van der Waals surface area contributed by atoms with Crippen molar-refractivity contribution in [2.24, 2.45) is 0 Å². The minimum atomic E-state index is -1.01. The summed E-state index contributed by atoms with van der Waals surface area (Å²) in [5.41, 5.74) is 6.14. The van der Waals surface area contributed by atoms with Gasteiger partial charge in [0.05, 0.1) is 52.6 Å². The molecule has 2 aromatic heterocycles. The Balaban J connectivity index is 1.36. The maximum absolute atomic E-state index is 13.6. The van der Waals surface area contributed by atoms with Crippen LogP contribution in [-0.2, 0) is 13.1 Å². The number of amides is 1. The van der Waals surface area contributed by atoms with Crippen molar-refractivity contribution in [2.75, 3.05) is 5.32 Å². The van der Waals surface area contributed by atoms with Gasteiger partial charge in [-0.2, -0.15) is 5.26 Å². The first kappa shape index (κ1) is 27.7. The van der Waals surface area contributed by atoms with E-state index in [2.05, 4.69) is 21.5 Å². The fraction of sp³-hybridized carbons (Fsp3) is 0.0571. The number of benzene rings is 4. The molecular weight excluding hydrogens is 552 g/mol. The standard InChI is InChI=1S/C35H24N6O3/c1-37-26-11-9-24-10-12-28(40-32(24)18-26)21-41-16-15-29-31(39-27-4-2-3-23(17-27)19-36)14-13-30(33(29)41)34(42)38-20-22-5-7-25(8-6-22)35(43)44/h2-18,39H,20-21H2,(H,38,42)(H,43,44). The third-order valence-electron chi connectivity index (χ3n) is 7.29. The molecule has 212 valence electrons. The van der Waals surface area contributed by atoms with Crippen LogP contribution in [0.15, 0.2) is 103 Å². The number of aromatic nitrogens is 2. The smallest absolute Gasteiger partial charge is 0.335 e. The normalized spacial score (nSPS) is 10.7. The number of anilines is 2. The van der Waals surface area contributed by atoms with Crippen LogP contribution in [0.5, 0.6) is 0 Å². The highest BCUT2D eigenvalue weighted by molar-refractivity contribution is 6.09. The van der Waals surface area contributed by atoms with Gasteiger partial charge in [-0.25, -0.2) is 9.64 Å². The molecule has 1 amide bonds.